The Morgan fingerprint density at radius 2 is 1.84 bits per heavy atom. The molecule has 4 nitrogen and oxygen atoms in total. The first-order valence-electron chi connectivity index (χ1n) is 10.4. The minimum atomic E-state index is -4.38. The Hall–Kier alpha value is -1.84. The van der Waals surface area contributed by atoms with E-state index >= 15 is 0 Å². The largest absolute Gasteiger partial charge is 0.416 e. The van der Waals surface area contributed by atoms with Gasteiger partial charge in [-0.05, 0) is 42.0 Å². The molecule has 0 spiro atoms. The lowest BCUT2D eigenvalue weighted by Crippen LogP contribution is -2.17. The molecule has 0 aliphatic heterocycles. The Bertz CT molecular complexity index is 965. The fourth-order valence-electron chi connectivity index (χ4n) is 3.95. The Morgan fingerprint density at radius 1 is 1.10 bits per heavy atom. The highest BCUT2D eigenvalue weighted by Crippen LogP contribution is 2.35. The van der Waals surface area contributed by atoms with E-state index in [1.54, 1.807) is 11.3 Å². The van der Waals surface area contributed by atoms with Crippen LogP contribution in [0, 0.1) is 0 Å². The number of alkyl halides is 3. The van der Waals surface area contributed by atoms with E-state index in [1.807, 2.05) is 11.4 Å². The van der Waals surface area contributed by atoms with Gasteiger partial charge in [-0.2, -0.15) is 13.2 Å². The van der Waals surface area contributed by atoms with Crippen molar-refractivity contribution < 1.29 is 18.3 Å². The van der Waals surface area contributed by atoms with Crippen LogP contribution in [0.4, 0.5) is 13.2 Å². The van der Waals surface area contributed by atoms with Gasteiger partial charge in [0.2, 0.25) is 0 Å². The first-order valence-corrected chi connectivity index (χ1v) is 12.2. The summed E-state index contributed by atoms with van der Waals surface area (Å²) in [4.78, 5) is 1.23. The normalized spacial score (nSPS) is 16.5. The highest BCUT2D eigenvalue weighted by Gasteiger charge is 2.30. The molecular formula is C22H24F3N3OS2. The molecule has 1 unspecified atom stereocenters. The molecule has 0 saturated heterocycles. The molecule has 31 heavy (non-hydrogen) atoms. The molecule has 1 saturated carbocycles. The van der Waals surface area contributed by atoms with Crippen molar-refractivity contribution in [3.63, 3.8) is 0 Å². The molecule has 1 atom stereocenters. The maximum absolute atomic E-state index is 12.8. The van der Waals surface area contributed by atoms with Gasteiger partial charge in [-0.1, -0.05) is 49.2 Å². The molecule has 9 heteroatoms. The van der Waals surface area contributed by atoms with Crippen LogP contribution in [0.3, 0.4) is 0 Å². The van der Waals surface area contributed by atoms with Crippen molar-refractivity contribution in [1.82, 2.24) is 14.8 Å². The van der Waals surface area contributed by atoms with Crippen molar-refractivity contribution >= 4 is 23.1 Å². The summed E-state index contributed by atoms with van der Waals surface area (Å²) in [5.41, 5.74) is -0.255. The summed E-state index contributed by atoms with van der Waals surface area (Å²) in [5, 5.41) is 22.2. The minimum absolute atomic E-state index is 0.301. The predicted molar refractivity (Wildman–Crippen MR) is 116 cm³/mol. The maximum atomic E-state index is 12.8. The summed E-state index contributed by atoms with van der Waals surface area (Å²) in [7, 11) is 0. The highest BCUT2D eigenvalue weighted by molar-refractivity contribution is 7.99. The lowest BCUT2D eigenvalue weighted by Gasteiger charge is -2.25. The van der Waals surface area contributed by atoms with Crippen LogP contribution in [0.25, 0.3) is 0 Å². The number of aliphatic hydroxyl groups is 1. The van der Waals surface area contributed by atoms with Crippen LogP contribution in [0.2, 0.25) is 0 Å². The maximum Gasteiger partial charge on any atom is 0.416 e. The first kappa shape index (κ1) is 22.4. The average molecular weight is 468 g/mol. The molecule has 1 aromatic carbocycles. The number of hydrogen-bond acceptors (Lipinski definition) is 5. The Kier molecular flexibility index (Phi) is 7.03. The second kappa shape index (κ2) is 9.75. The van der Waals surface area contributed by atoms with Gasteiger partial charge in [0.25, 0.3) is 0 Å². The number of halogens is 3. The molecule has 1 fully saturated rings. The van der Waals surface area contributed by atoms with Crippen LogP contribution >= 0.6 is 23.1 Å². The van der Waals surface area contributed by atoms with E-state index in [0.717, 1.165) is 42.4 Å². The van der Waals surface area contributed by atoms with Crippen molar-refractivity contribution in [1.29, 1.82) is 0 Å². The predicted octanol–water partition coefficient (Wildman–Crippen LogP) is 6.28. The summed E-state index contributed by atoms with van der Waals surface area (Å²) in [6, 6.07) is 9.15. The number of benzene rings is 1. The van der Waals surface area contributed by atoms with Crippen molar-refractivity contribution in [3.8, 4) is 0 Å². The summed E-state index contributed by atoms with van der Waals surface area (Å²) >= 11 is 3.10. The lowest BCUT2D eigenvalue weighted by molar-refractivity contribution is -0.137. The zero-order chi connectivity index (χ0) is 21.8. The van der Waals surface area contributed by atoms with Crippen LogP contribution < -0.4 is 0 Å². The summed E-state index contributed by atoms with van der Waals surface area (Å²) in [6.45, 7) is 0. The van der Waals surface area contributed by atoms with Crippen LogP contribution in [0.15, 0.2) is 46.9 Å². The molecule has 4 rings (SSSR count). The van der Waals surface area contributed by atoms with E-state index in [9.17, 15) is 18.3 Å². The number of thioether (sulfide) groups is 1. The smallest absolute Gasteiger partial charge is 0.388 e. The van der Waals surface area contributed by atoms with E-state index in [4.69, 9.17) is 0 Å². The molecule has 0 radical (unpaired) electrons. The number of nitrogens with zero attached hydrogens (tertiary/aromatic N) is 3. The fraction of sp³-hybridized carbons (Fsp3) is 0.455. The molecule has 0 amide bonds. The van der Waals surface area contributed by atoms with Gasteiger partial charge in [0.15, 0.2) is 5.16 Å². The van der Waals surface area contributed by atoms with Crippen LogP contribution in [0.5, 0.6) is 0 Å². The van der Waals surface area contributed by atoms with Crippen molar-refractivity contribution in [2.75, 3.05) is 5.75 Å². The third-order valence-electron chi connectivity index (χ3n) is 5.58. The molecule has 2 heterocycles. The first-order chi connectivity index (χ1) is 14.9. The van der Waals surface area contributed by atoms with Gasteiger partial charge >= 0.3 is 6.18 Å². The molecule has 1 aliphatic rings. The zero-order valence-electron chi connectivity index (χ0n) is 16.9. The van der Waals surface area contributed by atoms with Gasteiger partial charge in [0, 0.05) is 23.1 Å². The van der Waals surface area contributed by atoms with Gasteiger partial charge in [-0.15, -0.1) is 21.5 Å². The van der Waals surface area contributed by atoms with Gasteiger partial charge in [0.1, 0.15) is 5.82 Å². The SMILES string of the molecule is OC(CSc1nnc(Cc2cccs2)n1C1CCCCC1)c1ccc(C(F)(F)F)cc1. The lowest BCUT2D eigenvalue weighted by atomic mass is 9.95. The van der Waals surface area contributed by atoms with Gasteiger partial charge in [0.05, 0.1) is 11.7 Å². The third kappa shape index (κ3) is 5.51. The molecule has 1 aliphatic carbocycles. The second-order valence-corrected chi connectivity index (χ2v) is 9.78. The number of rotatable bonds is 7. The molecule has 3 aromatic rings. The molecular weight excluding hydrogens is 443 g/mol. The number of thiophene rings is 1. The highest BCUT2D eigenvalue weighted by atomic mass is 32.2. The van der Waals surface area contributed by atoms with Crippen molar-refractivity contribution in [2.45, 2.75) is 62.0 Å². The fourth-order valence-corrected chi connectivity index (χ4v) is 5.64. The number of aliphatic hydroxyl groups excluding tert-OH is 1. The van der Waals surface area contributed by atoms with Gasteiger partial charge in [-0.25, -0.2) is 0 Å². The zero-order valence-corrected chi connectivity index (χ0v) is 18.5. The molecule has 1 N–H and O–H groups in total. The van der Waals surface area contributed by atoms with Crippen LogP contribution in [0.1, 0.15) is 66.1 Å². The van der Waals surface area contributed by atoms with Crippen molar-refractivity contribution in [3.05, 3.63) is 63.6 Å². The van der Waals surface area contributed by atoms with E-state index in [1.165, 1.54) is 48.0 Å². The average Bonchev–Trinajstić information content (AvgIpc) is 3.42. The molecule has 0 bridgehead atoms. The van der Waals surface area contributed by atoms with E-state index < -0.39 is 17.8 Å². The monoisotopic (exact) mass is 467 g/mol. The number of aromatic nitrogens is 3. The van der Waals surface area contributed by atoms with Gasteiger partial charge in [-0.3, -0.25) is 0 Å². The summed E-state index contributed by atoms with van der Waals surface area (Å²) in [6.07, 6.45) is 1.24. The Balaban J connectivity index is 1.49. The van der Waals surface area contributed by atoms with Crippen LogP contribution in [-0.2, 0) is 12.6 Å². The van der Waals surface area contributed by atoms with E-state index in [-0.39, 0.29) is 0 Å². The van der Waals surface area contributed by atoms with E-state index in [0.29, 0.717) is 17.4 Å². The quantitative estimate of drug-likeness (QED) is 0.416. The molecule has 166 valence electrons. The summed E-state index contributed by atoms with van der Waals surface area (Å²) in [5.74, 6) is 1.23. The van der Waals surface area contributed by atoms with Gasteiger partial charge < -0.3 is 9.67 Å². The van der Waals surface area contributed by atoms with Crippen LogP contribution in [-0.4, -0.2) is 25.6 Å². The third-order valence-corrected chi connectivity index (χ3v) is 7.48. The minimum Gasteiger partial charge on any atom is -0.388 e. The summed E-state index contributed by atoms with van der Waals surface area (Å²) < 4.78 is 40.5. The van der Waals surface area contributed by atoms with E-state index in [2.05, 4.69) is 20.8 Å². The topological polar surface area (TPSA) is 50.9 Å². The number of hydrogen-bond donors (Lipinski definition) is 1. The Morgan fingerprint density at radius 3 is 2.48 bits per heavy atom. The Labute approximate surface area is 187 Å². The molecule has 2 aromatic heterocycles. The van der Waals surface area contributed by atoms with Crippen molar-refractivity contribution in [2.24, 2.45) is 0 Å². The second-order valence-electron chi connectivity index (χ2n) is 7.76. The standard InChI is InChI=1S/C22H24F3N3OS2/c23-22(24,25)16-10-8-15(9-11-16)19(29)14-31-21-27-26-20(13-18-7-4-12-30-18)28(21)17-5-2-1-3-6-17/h4,7-12,17,19,29H,1-3,5-6,13-14H2.